The lowest BCUT2D eigenvalue weighted by Gasteiger charge is -2.20. The molecule has 0 saturated carbocycles. The molecule has 1 aromatic heterocycles. The van der Waals surface area contributed by atoms with E-state index in [2.05, 4.69) is 146 Å². The molecule has 0 bridgehead atoms. The molecule has 0 saturated heterocycles. The van der Waals surface area contributed by atoms with Crippen LogP contribution in [0, 0.1) is 6.92 Å². The molecule has 0 atom stereocenters. The molecule has 58 heavy (non-hydrogen) atoms. The largest absolute Gasteiger partial charge is 0.464 e. The van der Waals surface area contributed by atoms with Crippen LogP contribution in [0.4, 0.5) is 0 Å². The van der Waals surface area contributed by atoms with Crippen LogP contribution in [0.1, 0.15) is 63.3 Å². The minimum atomic E-state index is 0.449. The molecule has 1 aliphatic carbocycles. The summed E-state index contributed by atoms with van der Waals surface area (Å²) in [5.74, 6) is 1.54. The van der Waals surface area contributed by atoms with E-state index in [4.69, 9.17) is 14.4 Å². The number of benzene rings is 5. The van der Waals surface area contributed by atoms with Crippen molar-refractivity contribution < 1.29 is 4.42 Å². The normalized spacial score (nSPS) is 13.4. The van der Waals surface area contributed by atoms with Gasteiger partial charge in [0, 0.05) is 27.0 Å². The number of allylic oxidation sites excluding steroid dienone is 7. The van der Waals surface area contributed by atoms with Crippen molar-refractivity contribution in [2.75, 3.05) is 12.9 Å². The van der Waals surface area contributed by atoms with E-state index in [9.17, 15) is 0 Å². The number of hydrogen-bond donors (Lipinski definition) is 1. The average Bonchev–Trinajstić information content (AvgIpc) is 3.55. The number of thioether (sulfide) groups is 1. The minimum absolute atomic E-state index is 0.449. The smallest absolute Gasteiger partial charge is 0.158 e. The summed E-state index contributed by atoms with van der Waals surface area (Å²) in [4.78, 5) is 11.2. The zero-order valence-corrected chi connectivity index (χ0v) is 35.7. The van der Waals surface area contributed by atoms with Gasteiger partial charge in [0.25, 0.3) is 0 Å². The molecule has 2 heterocycles. The predicted molar refractivity (Wildman–Crippen MR) is 255 cm³/mol. The van der Waals surface area contributed by atoms with Crippen molar-refractivity contribution in [2.45, 2.75) is 52.9 Å². The fourth-order valence-electron chi connectivity index (χ4n) is 6.61. The quantitative estimate of drug-likeness (QED) is 0.124. The Labute approximate surface area is 350 Å². The van der Waals surface area contributed by atoms with Gasteiger partial charge in [0.15, 0.2) is 5.84 Å². The summed E-state index contributed by atoms with van der Waals surface area (Å²) >= 11 is 1.76. The zero-order chi connectivity index (χ0) is 41.1. The topological polar surface area (TPSA) is 49.9 Å². The Morgan fingerprint density at radius 3 is 2.03 bits per heavy atom. The molecule has 2 aliphatic rings. The molecule has 0 radical (unpaired) electrons. The third kappa shape index (κ3) is 10.8. The van der Waals surface area contributed by atoms with Gasteiger partial charge in [-0.2, -0.15) is 0 Å². The molecular weight excluding hydrogens is 727 g/mol. The van der Waals surface area contributed by atoms with Gasteiger partial charge in [-0.05, 0) is 84.2 Å². The Hall–Kier alpha value is -6.17. The SMILES string of the molecule is C/C=C\C=C/c1coc2cccc(-c3cc(C4=NC(C5=CCC=CC(c6ccccc6)=C5)=NCN4)cc(-c4ccccc4)c3SC)c12.CC.CC.Cc1ccccc1. The Morgan fingerprint density at radius 1 is 0.707 bits per heavy atom. The zero-order valence-electron chi connectivity index (χ0n) is 34.9. The van der Waals surface area contributed by atoms with Gasteiger partial charge in [-0.15, -0.1) is 11.8 Å². The Balaban J connectivity index is 0.000000516. The van der Waals surface area contributed by atoms with E-state index in [0.717, 1.165) is 73.6 Å². The highest BCUT2D eigenvalue weighted by Gasteiger charge is 2.21. The van der Waals surface area contributed by atoms with Gasteiger partial charge in [0.2, 0.25) is 0 Å². The van der Waals surface area contributed by atoms with Gasteiger partial charge in [0.05, 0.1) is 6.26 Å². The monoisotopic (exact) mass is 781 g/mol. The lowest BCUT2D eigenvalue weighted by Crippen LogP contribution is -2.30. The Bertz CT molecular complexity index is 2450. The first-order valence-electron chi connectivity index (χ1n) is 20.2. The Morgan fingerprint density at radius 2 is 1.38 bits per heavy atom. The molecule has 0 amide bonds. The van der Waals surface area contributed by atoms with Crippen molar-refractivity contribution in [3.05, 3.63) is 198 Å². The number of furan rings is 1. The number of aryl methyl sites for hydroxylation is 1. The summed E-state index contributed by atoms with van der Waals surface area (Å²) in [7, 11) is 0. The van der Waals surface area contributed by atoms with Crippen LogP contribution in [0.2, 0.25) is 0 Å². The van der Waals surface area contributed by atoms with E-state index in [1.54, 1.807) is 11.8 Å². The number of rotatable bonds is 8. The van der Waals surface area contributed by atoms with E-state index in [1.807, 2.05) is 83.4 Å². The second kappa shape index (κ2) is 22.5. The Kier molecular flexibility index (Phi) is 16.7. The molecule has 5 heteroatoms. The van der Waals surface area contributed by atoms with Crippen LogP contribution < -0.4 is 5.32 Å². The van der Waals surface area contributed by atoms with Gasteiger partial charge >= 0.3 is 0 Å². The summed E-state index contributed by atoms with van der Waals surface area (Å²) < 4.78 is 6.06. The van der Waals surface area contributed by atoms with Crippen LogP contribution in [0.15, 0.2) is 195 Å². The van der Waals surface area contributed by atoms with Crippen molar-refractivity contribution in [2.24, 2.45) is 9.98 Å². The molecule has 5 aromatic carbocycles. The van der Waals surface area contributed by atoms with Gasteiger partial charge < -0.3 is 9.73 Å². The van der Waals surface area contributed by atoms with Crippen LogP contribution in [0.3, 0.4) is 0 Å². The lowest BCUT2D eigenvalue weighted by molar-refractivity contribution is 0.615. The molecule has 6 aromatic rings. The molecule has 1 N–H and O–H groups in total. The summed E-state index contributed by atoms with van der Waals surface area (Å²) in [6, 6.07) is 42.2. The number of aliphatic imine (C=N–C) groups is 2. The van der Waals surface area contributed by atoms with Crippen molar-refractivity contribution >= 4 is 46.1 Å². The van der Waals surface area contributed by atoms with E-state index < -0.39 is 0 Å². The summed E-state index contributed by atoms with van der Waals surface area (Å²) in [5, 5.41) is 4.58. The van der Waals surface area contributed by atoms with Crippen molar-refractivity contribution in [1.82, 2.24) is 5.32 Å². The first kappa shape index (κ1) is 43.0. The summed E-state index contributed by atoms with van der Waals surface area (Å²) in [6.07, 6.45) is 21.8. The maximum atomic E-state index is 6.06. The minimum Gasteiger partial charge on any atom is -0.464 e. The van der Waals surface area contributed by atoms with Gasteiger partial charge in [0.1, 0.15) is 18.1 Å². The molecule has 0 unspecified atom stereocenters. The third-order valence-electron chi connectivity index (χ3n) is 9.23. The maximum absolute atomic E-state index is 6.06. The summed E-state index contributed by atoms with van der Waals surface area (Å²) in [6.45, 7) is 12.6. The third-order valence-corrected chi connectivity index (χ3v) is 10.1. The van der Waals surface area contributed by atoms with E-state index in [0.29, 0.717) is 6.67 Å². The number of nitrogens with one attached hydrogen (secondary N) is 1. The molecule has 0 spiro atoms. The van der Waals surface area contributed by atoms with E-state index >= 15 is 0 Å². The molecule has 4 nitrogen and oxygen atoms in total. The lowest BCUT2D eigenvalue weighted by atomic mass is 9.92. The fourth-order valence-corrected chi connectivity index (χ4v) is 7.39. The summed E-state index contributed by atoms with van der Waals surface area (Å²) in [5.41, 5.74) is 12.2. The predicted octanol–water partition coefficient (Wildman–Crippen LogP) is 14.8. The first-order chi connectivity index (χ1) is 28.6. The standard InChI is InChI=1S/C42H35N3OS.C7H8.2C2H6/c1-3-4-7-21-33-27-46-38-23-14-22-35(39(33)38)37-26-34(25-36(40(37)47-2)30-17-10-6-11-18-30)42-44-28-43-41(45-42)32-20-13-12-19-31(24-32)29-15-8-5-9-16-29;1-7-5-3-2-4-6-7;2*1-2/h3-12,14-27H,13,28H2,1-2H3,(H,43,44,45);2-6H,1H3;2*1-2H3/b4-3-,21-7-;;;. The molecule has 1 aliphatic heterocycles. The van der Waals surface area contributed by atoms with E-state index in [-0.39, 0.29) is 0 Å². The highest BCUT2D eigenvalue weighted by molar-refractivity contribution is 7.98. The van der Waals surface area contributed by atoms with Crippen LogP contribution in [0.5, 0.6) is 0 Å². The molecule has 0 fully saturated rings. The number of fused-ring (bicyclic) bond motifs is 1. The highest BCUT2D eigenvalue weighted by atomic mass is 32.2. The highest BCUT2D eigenvalue weighted by Crippen LogP contribution is 2.43. The average molecular weight is 782 g/mol. The number of hydrogen-bond acceptors (Lipinski definition) is 5. The molecular formula is C53H55N3OS. The number of nitrogens with zero attached hydrogens (tertiary/aromatic N) is 2. The van der Waals surface area contributed by atoms with Crippen molar-refractivity contribution in [3.8, 4) is 22.3 Å². The molecule has 294 valence electrons. The van der Waals surface area contributed by atoms with Crippen molar-refractivity contribution in [3.63, 3.8) is 0 Å². The maximum Gasteiger partial charge on any atom is 0.158 e. The second-order valence-electron chi connectivity index (χ2n) is 12.9. The van der Waals surface area contributed by atoms with Crippen LogP contribution >= 0.6 is 11.8 Å². The first-order valence-corrected chi connectivity index (χ1v) is 21.5. The second-order valence-corrected chi connectivity index (χ2v) is 13.7. The fraction of sp³-hybridized carbons (Fsp3) is 0.170. The number of amidine groups is 2. The van der Waals surface area contributed by atoms with Gasteiger partial charge in [-0.1, -0.05) is 179 Å². The molecule has 8 rings (SSSR count). The van der Waals surface area contributed by atoms with Gasteiger partial charge in [-0.25, -0.2) is 9.98 Å². The van der Waals surface area contributed by atoms with Crippen LogP contribution in [-0.2, 0) is 0 Å². The van der Waals surface area contributed by atoms with E-state index in [1.165, 1.54) is 16.0 Å². The van der Waals surface area contributed by atoms with Crippen LogP contribution in [0.25, 0.3) is 44.9 Å². The van der Waals surface area contributed by atoms with Crippen molar-refractivity contribution in [1.29, 1.82) is 0 Å². The van der Waals surface area contributed by atoms with Gasteiger partial charge in [-0.3, -0.25) is 0 Å². The van der Waals surface area contributed by atoms with Crippen LogP contribution in [-0.4, -0.2) is 24.6 Å².